The summed E-state index contributed by atoms with van der Waals surface area (Å²) in [6, 6.07) is 2.33. The molecular weight excluding hydrogens is 269 g/mol. The number of hydrogen-bond donors (Lipinski definition) is 3. The second kappa shape index (κ2) is 5.00. The predicted octanol–water partition coefficient (Wildman–Crippen LogP) is -3.12. The van der Waals surface area contributed by atoms with Crippen LogP contribution in [0.3, 0.4) is 0 Å². The molecule has 0 saturated heterocycles. The van der Waals surface area contributed by atoms with E-state index in [4.69, 9.17) is 14.8 Å². The minimum Gasteiger partial charge on any atom is -1.00 e. The molecule has 0 aliphatic carbocycles. The topological polar surface area (TPSA) is 135 Å². The maximum Gasteiger partial charge on any atom is 1.00 e. The van der Waals surface area contributed by atoms with E-state index in [9.17, 15) is 16.8 Å². The van der Waals surface area contributed by atoms with E-state index >= 15 is 0 Å². The van der Waals surface area contributed by atoms with Crippen LogP contribution in [-0.4, -0.2) is 25.9 Å². The number of anilines is 1. The second-order valence-electron chi connectivity index (χ2n) is 2.65. The van der Waals surface area contributed by atoms with Crippen molar-refractivity contribution < 1.29 is 56.9 Å². The molecule has 0 bridgehead atoms. The van der Waals surface area contributed by atoms with Crippen molar-refractivity contribution in [3.05, 3.63) is 18.2 Å². The molecule has 86 valence electrons. The molecule has 10 heteroatoms. The predicted molar refractivity (Wildman–Crippen MR) is 51.6 cm³/mol. The first-order chi connectivity index (χ1) is 6.62. The van der Waals surface area contributed by atoms with Crippen LogP contribution in [0, 0.1) is 0 Å². The van der Waals surface area contributed by atoms with Gasteiger partial charge >= 0.3 is 29.6 Å². The molecule has 0 radical (unpaired) electrons. The molecule has 0 fully saturated rings. The number of nitrogen functional groups attached to an aromatic ring is 1. The van der Waals surface area contributed by atoms with E-state index < -0.39 is 35.7 Å². The van der Waals surface area contributed by atoms with Crippen molar-refractivity contribution in [3.8, 4) is 0 Å². The van der Waals surface area contributed by atoms with Crippen molar-refractivity contribution in [2.45, 2.75) is 9.79 Å². The zero-order valence-electron chi connectivity index (χ0n) is 9.15. The molecule has 1 aromatic rings. The molecule has 0 aromatic heterocycles. The number of hydrogen-bond acceptors (Lipinski definition) is 5. The Morgan fingerprint density at radius 3 is 1.88 bits per heavy atom. The van der Waals surface area contributed by atoms with E-state index in [1.165, 1.54) is 0 Å². The van der Waals surface area contributed by atoms with Crippen LogP contribution < -0.4 is 35.3 Å². The van der Waals surface area contributed by atoms with Crippen LogP contribution in [0.2, 0.25) is 0 Å². The van der Waals surface area contributed by atoms with Gasteiger partial charge in [0.1, 0.15) is 4.90 Å². The Hall–Kier alpha value is -0.160. The number of rotatable bonds is 2. The van der Waals surface area contributed by atoms with Crippen molar-refractivity contribution >= 4 is 25.9 Å². The smallest absolute Gasteiger partial charge is 1.00 e. The average molecular weight is 277 g/mol. The zero-order chi connectivity index (χ0) is 11.9. The Morgan fingerprint density at radius 2 is 1.56 bits per heavy atom. The molecule has 4 N–H and O–H groups in total. The Balaban J connectivity index is 0. The minimum absolute atomic E-state index is 0. The maximum absolute atomic E-state index is 10.7. The second-order valence-corrected chi connectivity index (χ2v) is 5.46. The molecule has 0 saturated carbocycles. The number of benzene rings is 1. The molecule has 0 spiro atoms. The fraction of sp³-hybridized carbons (Fsp3) is 0. The van der Waals surface area contributed by atoms with Crippen LogP contribution in [0.1, 0.15) is 1.43 Å². The first-order valence-electron chi connectivity index (χ1n) is 3.47. The van der Waals surface area contributed by atoms with Gasteiger partial charge < -0.3 is 7.16 Å². The molecule has 1 rings (SSSR count). The van der Waals surface area contributed by atoms with Gasteiger partial charge in [0, 0.05) is 0 Å². The standard InChI is InChI=1S/C6H7NO6S2.Na.H/c7-5-3-4(14(8,9)10)1-2-6(5)15(11,12)13;;/h1-3H,7H2,(H,8,9,10)(H,11,12,13);;/q;+1;-1. The summed E-state index contributed by atoms with van der Waals surface area (Å²) < 4.78 is 59.9. The van der Waals surface area contributed by atoms with Crippen LogP contribution in [0.5, 0.6) is 0 Å². The Labute approximate surface area is 116 Å². The summed E-state index contributed by atoms with van der Waals surface area (Å²) in [4.78, 5) is -1.16. The number of nitrogens with two attached hydrogens (primary N) is 1. The summed E-state index contributed by atoms with van der Waals surface area (Å²) in [6.45, 7) is 0. The van der Waals surface area contributed by atoms with Gasteiger partial charge in [-0.3, -0.25) is 9.11 Å². The van der Waals surface area contributed by atoms with Crippen LogP contribution in [-0.2, 0) is 20.2 Å². The van der Waals surface area contributed by atoms with Crippen LogP contribution in [0.25, 0.3) is 0 Å². The van der Waals surface area contributed by atoms with Crippen LogP contribution in [0.15, 0.2) is 28.0 Å². The molecule has 1 aromatic carbocycles. The van der Waals surface area contributed by atoms with Gasteiger partial charge in [0.05, 0.1) is 10.6 Å². The minimum atomic E-state index is -4.50. The fourth-order valence-electron chi connectivity index (χ4n) is 0.922. The summed E-state index contributed by atoms with van der Waals surface area (Å²) >= 11 is 0. The largest absolute Gasteiger partial charge is 1.00 e. The molecule has 0 unspecified atom stereocenters. The first kappa shape index (κ1) is 15.8. The molecule has 0 atom stereocenters. The van der Waals surface area contributed by atoms with Crippen molar-refractivity contribution in [2.24, 2.45) is 0 Å². The molecule has 16 heavy (non-hydrogen) atoms. The summed E-state index contributed by atoms with van der Waals surface area (Å²) in [5.41, 5.74) is 4.72. The fourth-order valence-corrected chi connectivity index (χ4v) is 2.03. The van der Waals surface area contributed by atoms with E-state index in [1.807, 2.05) is 0 Å². The van der Waals surface area contributed by atoms with Gasteiger partial charge in [-0.15, -0.1) is 0 Å². The Bertz CT molecular complexity index is 599. The molecule has 0 aliphatic rings. The van der Waals surface area contributed by atoms with Crippen molar-refractivity contribution in [2.75, 3.05) is 5.73 Å². The third-order valence-corrected chi connectivity index (χ3v) is 3.33. The van der Waals surface area contributed by atoms with Gasteiger partial charge in [-0.1, -0.05) is 0 Å². The monoisotopic (exact) mass is 277 g/mol. The Morgan fingerprint density at radius 1 is 1.06 bits per heavy atom. The third kappa shape index (κ3) is 3.70. The van der Waals surface area contributed by atoms with Gasteiger partial charge in [0.15, 0.2) is 0 Å². The van der Waals surface area contributed by atoms with Crippen molar-refractivity contribution in [1.82, 2.24) is 0 Å². The molecule has 0 aliphatic heterocycles. The first-order valence-corrected chi connectivity index (χ1v) is 6.35. The maximum atomic E-state index is 10.7. The molecule has 7 nitrogen and oxygen atoms in total. The van der Waals surface area contributed by atoms with Gasteiger partial charge in [-0.05, 0) is 18.2 Å². The van der Waals surface area contributed by atoms with E-state index in [0.29, 0.717) is 0 Å². The zero-order valence-corrected chi connectivity index (χ0v) is 11.8. The summed E-state index contributed by atoms with van der Waals surface area (Å²) in [7, 11) is -8.94. The Kier molecular flexibility index (Phi) is 4.95. The van der Waals surface area contributed by atoms with E-state index in [-0.39, 0.29) is 31.0 Å². The third-order valence-electron chi connectivity index (χ3n) is 1.56. The average Bonchev–Trinajstić information content (AvgIpc) is 1.99. The quantitative estimate of drug-likeness (QED) is 0.295. The summed E-state index contributed by atoms with van der Waals surface area (Å²) in [6.07, 6.45) is 0. The van der Waals surface area contributed by atoms with E-state index in [2.05, 4.69) is 0 Å². The van der Waals surface area contributed by atoms with E-state index in [0.717, 1.165) is 18.2 Å². The van der Waals surface area contributed by atoms with Gasteiger partial charge in [0.2, 0.25) is 0 Å². The van der Waals surface area contributed by atoms with Crippen LogP contribution in [0.4, 0.5) is 5.69 Å². The molecule has 0 amide bonds. The molecule has 0 heterocycles. The summed E-state index contributed by atoms with van der Waals surface area (Å²) in [5, 5.41) is 0. The van der Waals surface area contributed by atoms with Gasteiger partial charge in [-0.25, -0.2) is 0 Å². The van der Waals surface area contributed by atoms with E-state index in [1.54, 1.807) is 0 Å². The van der Waals surface area contributed by atoms with Crippen LogP contribution >= 0.6 is 0 Å². The normalized spacial score (nSPS) is 11.9. The SMILES string of the molecule is Nc1cc(S(=O)(=O)O)ccc1S(=O)(=O)O.[H-].[Na+]. The van der Waals surface area contributed by atoms with Crippen molar-refractivity contribution in [3.63, 3.8) is 0 Å². The van der Waals surface area contributed by atoms with Crippen molar-refractivity contribution in [1.29, 1.82) is 0 Å². The summed E-state index contributed by atoms with van der Waals surface area (Å²) in [5.74, 6) is 0. The van der Waals surface area contributed by atoms with Gasteiger partial charge in [0.25, 0.3) is 20.2 Å². The molecular formula is C6H8NNaO6S2. The van der Waals surface area contributed by atoms with Gasteiger partial charge in [-0.2, -0.15) is 16.8 Å².